The van der Waals surface area contributed by atoms with Crippen molar-refractivity contribution in [1.82, 2.24) is 8.61 Å². The van der Waals surface area contributed by atoms with E-state index >= 15 is 0 Å². The molecule has 7 nitrogen and oxygen atoms in total. The summed E-state index contributed by atoms with van der Waals surface area (Å²) in [6.45, 7) is 0.594. The number of rotatable bonds is 3. The van der Waals surface area contributed by atoms with Gasteiger partial charge in [-0.2, -0.15) is 8.61 Å². The molecule has 0 amide bonds. The third kappa shape index (κ3) is 3.57. The predicted molar refractivity (Wildman–Crippen MR) is 83.7 cm³/mol. The Hall–Kier alpha value is -0.680. The monoisotopic (exact) mass is 397 g/mol. The molecular weight excluding hydrogens is 382 g/mol. The summed E-state index contributed by atoms with van der Waals surface area (Å²) in [7, 11) is -6.93. The predicted octanol–water partition coefficient (Wildman–Crippen LogP) is 0.297. The molecule has 1 fully saturated rings. The number of nitrogens with zero attached hydrogens (tertiary/aromatic N) is 2. The Balaban J connectivity index is 2.20. The second-order valence-electron chi connectivity index (χ2n) is 4.75. The number of halogens is 1. The van der Waals surface area contributed by atoms with Crippen molar-refractivity contribution in [2.24, 2.45) is 0 Å². The normalized spacial score (nSPS) is 18.8. The Morgan fingerprint density at radius 1 is 1.05 bits per heavy atom. The van der Waals surface area contributed by atoms with E-state index in [9.17, 15) is 16.8 Å². The van der Waals surface area contributed by atoms with Gasteiger partial charge in [0.2, 0.25) is 20.0 Å². The lowest BCUT2D eigenvalue weighted by molar-refractivity contribution is 0.274. The summed E-state index contributed by atoms with van der Waals surface area (Å²) in [5, 5.41) is 0. The smallest absolute Gasteiger partial charge is 0.243 e. The Labute approximate surface area is 132 Å². The summed E-state index contributed by atoms with van der Waals surface area (Å²) < 4.78 is 50.9. The molecule has 0 atom stereocenters. The van der Waals surface area contributed by atoms with Gasteiger partial charge in [-0.25, -0.2) is 16.8 Å². The Morgan fingerprint density at radius 2 is 1.57 bits per heavy atom. The number of anilines is 1. The van der Waals surface area contributed by atoms with Crippen LogP contribution in [0.5, 0.6) is 0 Å². The molecular formula is C11H16BrN3O4S2. The van der Waals surface area contributed by atoms with Crippen LogP contribution in [0, 0.1) is 0 Å². The van der Waals surface area contributed by atoms with Crippen molar-refractivity contribution < 1.29 is 16.8 Å². The number of hydrogen-bond acceptors (Lipinski definition) is 5. The van der Waals surface area contributed by atoms with Gasteiger partial charge < -0.3 is 5.73 Å². The van der Waals surface area contributed by atoms with Crippen LogP contribution in [0.25, 0.3) is 0 Å². The molecule has 0 saturated carbocycles. The Morgan fingerprint density at radius 3 is 2.05 bits per heavy atom. The fourth-order valence-electron chi connectivity index (χ4n) is 2.06. The number of sulfonamides is 2. The standard InChI is InChI=1S/C11H16BrN3O4S2/c1-20(16,17)14-4-6-15(7-5-14)21(18,19)9-2-3-11(13)10(12)8-9/h2-3,8H,4-7,13H2,1H3. The number of piperazine rings is 1. The minimum Gasteiger partial charge on any atom is -0.398 e. The van der Waals surface area contributed by atoms with Crippen molar-refractivity contribution in [3.8, 4) is 0 Å². The maximum absolute atomic E-state index is 12.5. The van der Waals surface area contributed by atoms with Gasteiger partial charge in [-0.15, -0.1) is 0 Å². The average molecular weight is 398 g/mol. The lowest BCUT2D eigenvalue weighted by Crippen LogP contribution is -2.50. The van der Waals surface area contributed by atoms with Crippen LogP contribution in [-0.2, 0) is 20.0 Å². The Bertz CT molecular complexity index is 741. The zero-order chi connectivity index (χ0) is 15.8. The maximum Gasteiger partial charge on any atom is 0.243 e. The fraction of sp³-hybridized carbons (Fsp3) is 0.455. The number of nitrogen functional groups attached to an aromatic ring is 1. The van der Waals surface area contributed by atoms with Crippen molar-refractivity contribution in [3.05, 3.63) is 22.7 Å². The topological polar surface area (TPSA) is 101 Å². The van der Waals surface area contributed by atoms with Crippen LogP contribution in [0.4, 0.5) is 5.69 Å². The summed E-state index contributed by atoms with van der Waals surface area (Å²) >= 11 is 3.20. The quantitative estimate of drug-likeness (QED) is 0.738. The van der Waals surface area contributed by atoms with Crippen LogP contribution in [0.15, 0.2) is 27.6 Å². The number of benzene rings is 1. The van der Waals surface area contributed by atoms with Crippen molar-refractivity contribution in [2.75, 3.05) is 38.2 Å². The first-order chi connectivity index (χ1) is 9.62. The molecule has 10 heteroatoms. The molecule has 2 rings (SSSR count). The molecule has 0 aliphatic carbocycles. The van der Waals surface area contributed by atoms with Gasteiger partial charge in [0.1, 0.15) is 0 Å². The third-order valence-corrected chi connectivity index (χ3v) is 7.16. The molecule has 1 aliphatic heterocycles. The van der Waals surface area contributed by atoms with E-state index in [1.165, 1.54) is 26.8 Å². The van der Waals surface area contributed by atoms with Crippen molar-refractivity contribution in [2.45, 2.75) is 4.90 Å². The minimum atomic E-state index is -3.64. The molecule has 0 aromatic heterocycles. The Kier molecular flexibility index (Phi) is 4.64. The van der Waals surface area contributed by atoms with E-state index < -0.39 is 20.0 Å². The third-order valence-electron chi connectivity index (χ3n) is 3.28. The fourth-order valence-corrected chi connectivity index (χ4v) is 4.86. The summed E-state index contributed by atoms with van der Waals surface area (Å²) in [6, 6.07) is 4.41. The van der Waals surface area contributed by atoms with E-state index in [0.29, 0.717) is 10.2 Å². The van der Waals surface area contributed by atoms with Gasteiger partial charge in [-0.1, -0.05) is 0 Å². The van der Waals surface area contributed by atoms with Gasteiger partial charge in [-0.3, -0.25) is 0 Å². The molecule has 21 heavy (non-hydrogen) atoms. The second kappa shape index (κ2) is 5.84. The molecule has 1 aromatic carbocycles. The molecule has 1 heterocycles. The average Bonchev–Trinajstić information content (AvgIpc) is 2.41. The van der Waals surface area contributed by atoms with E-state index in [-0.39, 0.29) is 31.1 Å². The van der Waals surface area contributed by atoms with E-state index in [1.54, 1.807) is 0 Å². The highest BCUT2D eigenvalue weighted by Gasteiger charge is 2.31. The van der Waals surface area contributed by atoms with Crippen LogP contribution >= 0.6 is 15.9 Å². The molecule has 0 bridgehead atoms. The first-order valence-corrected chi connectivity index (χ1v) is 10.2. The van der Waals surface area contributed by atoms with Gasteiger partial charge in [0.15, 0.2) is 0 Å². The molecule has 0 unspecified atom stereocenters. The second-order valence-corrected chi connectivity index (χ2v) is 9.52. The van der Waals surface area contributed by atoms with E-state index in [2.05, 4.69) is 15.9 Å². The van der Waals surface area contributed by atoms with E-state index in [1.807, 2.05) is 0 Å². The van der Waals surface area contributed by atoms with Crippen LogP contribution < -0.4 is 5.73 Å². The van der Waals surface area contributed by atoms with Gasteiger partial charge in [0.25, 0.3) is 0 Å². The van der Waals surface area contributed by atoms with Gasteiger partial charge >= 0.3 is 0 Å². The van der Waals surface area contributed by atoms with Gasteiger partial charge in [-0.05, 0) is 34.1 Å². The molecule has 2 N–H and O–H groups in total. The van der Waals surface area contributed by atoms with Crippen molar-refractivity contribution >= 4 is 41.7 Å². The van der Waals surface area contributed by atoms with Crippen LogP contribution in [-0.4, -0.2) is 57.9 Å². The number of hydrogen-bond donors (Lipinski definition) is 1. The first-order valence-electron chi connectivity index (χ1n) is 6.12. The molecule has 0 spiro atoms. The highest BCUT2D eigenvalue weighted by atomic mass is 79.9. The summed E-state index contributed by atoms with van der Waals surface area (Å²) in [5.41, 5.74) is 6.10. The van der Waals surface area contributed by atoms with Crippen molar-refractivity contribution in [1.29, 1.82) is 0 Å². The highest BCUT2D eigenvalue weighted by molar-refractivity contribution is 9.10. The lowest BCUT2D eigenvalue weighted by atomic mass is 10.3. The highest BCUT2D eigenvalue weighted by Crippen LogP contribution is 2.25. The SMILES string of the molecule is CS(=O)(=O)N1CCN(S(=O)(=O)c2ccc(N)c(Br)c2)CC1. The summed E-state index contributed by atoms with van der Waals surface area (Å²) in [4.78, 5) is 0.136. The summed E-state index contributed by atoms with van der Waals surface area (Å²) in [5.74, 6) is 0. The van der Waals surface area contributed by atoms with E-state index in [0.717, 1.165) is 6.26 Å². The first kappa shape index (κ1) is 16.7. The van der Waals surface area contributed by atoms with Crippen molar-refractivity contribution in [3.63, 3.8) is 0 Å². The molecule has 1 aliphatic rings. The zero-order valence-corrected chi connectivity index (χ0v) is 14.6. The largest absolute Gasteiger partial charge is 0.398 e. The molecule has 118 valence electrons. The van der Waals surface area contributed by atoms with Crippen LogP contribution in [0.3, 0.4) is 0 Å². The minimum absolute atomic E-state index is 0.136. The van der Waals surface area contributed by atoms with Gasteiger partial charge in [0, 0.05) is 36.3 Å². The maximum atomic E-state index is 12.5. The zero-order valence-electron chi connectivity index (χ0n) is 11.4. The molecule has 0 radical (unpaired) electrons. The van der Waals surface area contributed by atoms with Crippen LogP contribution in [0.1, 0.15) is 0 Å². The van der Waals surface area contributed by atoms with Crippen LogP contribution in [0.2, 0.25) is 0 Å². The molecule has 1 aromatic rings. The van der Waals surface area contributed by atoms with E-state index in [4.69, 9.17) is 5.73 Å². The number of nitrogens with two attached hydrogens (primary N) is 1. The lowest BCUT2D eigenvalue weighted by Gasteiger charge is -2.32. The van der Waals surface area contributed by atoms with Gasteiger partial charge in [0.05, 0.1) is 11.2 Å². The summed E-state index contributed by atoms with van der Waals surface area (Å²) in [6.07, 6.45) is 1.12. The molecule has 1 saturated heterocycles.